The van der Waals surface area contributed by atoms with Gasteiger partial charge in [0.2, 0.25) is 0 Å². The minimum absolute atomic E-state index is 0.134. The van der Waals surface area contributed by atoms with E-state index in [1.165, 1.54) is 0 Å². The molecule has 0 aliphatic heterocycles. The number of carbonyl (C=O) groups excluding carboxylic acids is 1. The molecule has 0 fully saturated rings. The van der Waals surface area contributed by atoms with Gasteiger partial charge in [-0.3, -0.25) is 4.79 Å². The van der Waals surface area contributed by atoms with E-state index < -0.39 is 0 Å². The molecule has 0 amide bonds. The summed E-state index contributed by atoms with van der Waals surface area (Å²) in [5, 5.41) is 8.17. The normalized spacial score (nSPS) is 9.25. The molecule has 0 radical (unpaired) electrons. The van der Waals surface area contributed by atoms with Crippen molar-refractivity contribution in [2.45, 2.75) is 12.8 Å². The molecule has 0 saturated heterocycles. The highest BCUT2D eigenvalue weighted by atomic mass is 35.5. The molecule has 2 nitrogen and oxygen atoms in total. The Bertz CT molecular complexity index is 72.8. The first-order chi connectivity index (χ1) is 3.81. The number of ketones is 1. The van der Waals surface area contributed by atoms with Crippen molar-refractivity contribution in [2.24, 2.45) is 0 Å². The zero-order valence-corrected chi connectivity index (χ0v) is 5.32. The van der Waals surface area contributed by atoms with Crippen LogP contribution in [0.1, 0.15) is 12.8 Å². The number of Topliss-reactive ketones (excluding diaryl/α,β-unsaturated/α-hetero) is 1. The zero-order chi connectivity index (χ0) is 6.41. The highest BCUT2D eigenvalue weighted by Crippen LogP contribution is 1.91. The first-order valence-electron chi connectivity index (χ1n) is 2.49. The Morgan fingerprint density at radius 1 is 1.62 bits per heavy atom. The van der Waals surface area contributed by atoms with Gasteiger partial charge in [0.1, 0.15) is 6.61 Å². The van der Waals surface area contributed by atoms with Gasteiger partial charge in [0.05, 0.1) is 0 Å². The molecular formula is C5H9ClO2. The van der Waals surface area contributed by atoms with Crippen LogP contribution in [0.5, 0.6) is 0 Å². The molecule has 0 aromatic carbocycles. The summed E-state index contributed by atoms with van der Waals surface area (Å²) in [5.74, 6) is 0.358. The molecule has 0 atom stereocenters. The van der Waals surface area contributed by atoms with Crippen LogP contribution < -0.4 is 0 Å². The lowest BCUT2D eigenvalue weighted by molar-refractivity contribution is -0.121. The van der Waals surface area contributed by atoms with Gasteiger partial charge < -0.3 is 5.11 Å². The Morgan fingerprint density at radius 2 is 2.25 bits per heavy atom. The third-order valence-electron chi connectivity index (χ3n) is 0.766. The fourth-order valence-corrected chi connectivity index (χ4v) is 0.477. The van der Waals surface area contributed by atoms with Gasteiger partial charge in [-0.2, -0.15) is 0 Å². The van der Waals surface area contributed by atoms with E-state index in [1.54, 1.807) is 0 Å². The number of hydrogen-bond donors (Lipinski definition) is 1. The quantitative estimate of drug-likeness (QED) is 0.574. The van der Waals surface area contributed by atoms with Crippen LogP contribution in [-0.4, -0.2) is 23.4 Å². The molecule has 0 aromatic heterocycles. The average molecular weight is 137 g/mol. The lowest BCUT2D eigenvalue weighted by Gasteiger charge is -1.89. The first-order valence-corrected chi connectivity index (χ1v) is 3.03. The summed E-state index contributed by atoms with van der Waals surface area (Å²) >= 11 is 5.27. The van der Waals surface area contributed by atoms with E-state index in [9.17, 15) is 4.79 Å². The molecule has 0 aliphatic carbocycles. The van der Waals surface area contributed by atoms with Crippen LogP contribution in [0.4, 0.5) is 0 Å². The van der Waals surface area contributed by atoms with Gasteiger partial charge >= 0.3 is 0 Å². The molecule has 0 aromatic rings. The molecule has 3 heteroatoms. The highest BCUT2D eigenvalue weighted by molar-refractivity contribution is 6.17. The summed E-state index contributed by atoms with van der Waals surface area (Å²) in [7, 11) is 0. The maximum Gasteiger partial charge on any atom is 0.158 e. The Hall–Kier alpha value is -0.0800. The van der Waals surface area contributed by atoms with E-state index in [0.717, 1.165) is 0 Å². The topological polar surface area (TPSA) is 37.3 Å². The monoisotopic (exact) mass is 136 g/mol. The number of halogens is 1. The minimum atomic E-state index is -0.350. The van der Waals surface area contributed by atoms with Gasteiger partial charge in [0.15, 0.2) is 5.78 Å². The standard InChI is InChI=1S/C5H9ClO2/c6-3-1-2-5(8)4-7/h7H,1-4H2. The van der Waals surface area contributed by atoms with Gasteiger partial charge in [0, 0.05) is 12.3 Å². The fourth-order valence-electron chi connectivity index (χ4n) is 0.343. The van der Waals surface area contributed by atoms with Crippen molar-refractivity contribution in [2.75, 3.05) is 12.5 Å². The van der Waals surface area contributed by atoms with Crippen molar-refractivity contribution < 1.29 is 9.90 Å². The van der Waals surface area contributed by atoms with Gasteiger partial charge in [-0.05, 0) is 6.42 Å². The Balaban J connectivity index is 2.99. The van der Waals surface area contributed by atoms with E-state index in [0.29, 0.717) is 18.7 Å². The number of rotatable bonds is 4. The number of alkyl halides is 1. The molecule has 0 saturated carbocycles. The van der Waals surface area contributed by atoms with Crippen molar-refractivity contribution in [3.05, 3.63) is 0 Å². The van der Waals surface area contributed by atoms with Crippen LogP contribution in [0.3, 0.4) is 0 Å². The molecular weight excluding hydrogens is 128 g/mol. The largest absolute Gasteiger partial charge is 0.389 e. The first kappa shape index (κ1) is 7.92. The van der Waals surface area contributed by atoms with E-state index >= 15 is 0 Å². The van der Waals surface area contributed by atoms with Gasteiger partial charge in [-0.15, -0.1) is 11.6 Å². The summed E-state index contributed by atoms with van der Waals surface area (Å²) < 4.78 is 0. The van der Waals surface area contributed by atoms with Gasteiger partial charge in [-0.1, -0.05) is 0 Å². The molecule has 0 bridgehead atoms. The molecule has 1 N–H and O–H groups in total. The summed E-state index contributed by atoms with van der Waals surface area (Å²) in [4.78, 5) is 10.3. The maximum absolute atomic E-state index is 10.3. The van der Waals surface area contributed by atoms with Gasteiger partial charge in [0.25, 0.3) is 0 Å². The van der Waals surface area contributed by atoms with E-state index in [-0.39, 0.29) is 12.4 Å². The van der Waals surface area contributed by atoms with Crippen LogP contribution >= 0.6 is 11.6 Å². The third-order valence-corrected chi connectivity index (χ3v) is 1.03. The van der Waals surface area contributed by atoms with E-state index in [1.807, 2.05) is 0 Å². The Labute approximate surface area is 53.5 Å². The summed E-state index contributed by atoms with van der Waals surface area (Å²) in [5.41, 5.74) is 0. The zero-order valence-electron chi connectivity index (χ0n) is 4.56. The SMILES string of the molecule is O=C(CO)CCCCl. The molecule has 0 spiro atoms. The number of aliphatic hydroxyl groups excluding tert-OH is 1. The second kappa shape index (κ2) is 5.06. The summed E-state index contributed by atoms with van der Waals surface area (Å²) in [6.45, 7) is -0.350. The van der Waals surface area contributed by atoms with Crippen LogP contribution in [-0.2, 0) is 4.79 Å². The number of hydrogen-bond acceptors (Lipinski definition) is 2. The number of aliphatic hydroxyl groups is 1. The Kier molecular flexibility index (Phi) is 5.01. The molecule has 0 unspecified atom stereocenters. The van der Waals surface area contributed by atoms with Crippen LogP contribution in [0.15, 0.2) is 0 Å². The van der Waals surface area contributed by atoms with Crippen molar-refractivity contribution in [3.8, 4) is 0 Å². The van der Waals surface area contributed by atoms with Crippen LogP contribution in [0.25, 0.3) is 0 Å². The second-order valence-electron chi connectivity index (χ2n) is 1.49. The lowest BCUT2D eigenvalue weighted by atomic mass is 10.2. The van der Waals surface area contributed by atoms with Crippen LogP contribution in [0.2, 0.25) is 0 Å². The van der Waals surface area contributed by atoms with E-state index in [4.69, 9.17) is 16.7 Å². The van der Waals surface area contributed by atoms with Gasteiger partial charge in [-0.25, -0.2) is 0 Å². The molecule has 0 rings (SSSR count). The van der Waals surface area contributed by atoms with Crippen molar-refractivity contribution >= 4 is 17.4 Å². The Morgan fingerprint density at radius 3 is 2.62 bits per heavy atom. The number of carbonyl (C=O) groups is 1. The second-order valence-corrected chi connectivity index (χ2v) is 1.87. The average Bonchev–Trinajstić information content (AvgIpc) is 1.83. The van der Waals surface area contributed by atoms with Crippen molar-refractivity contribution in [1.82, 2.24) is 0 Å². The summed E-state index contributed by atoms with van der Waals surface area (Å²) in [6, 6.07) is 0. The highest BCUT2D eigenvalue weighted by Gasteiger charge is 1.95. The molecule has 8 heavy (non-hydrogen) atoms. The predicted octanol–water partition coefficient (Wildman–Crippen LogP) is 0.567. The maximum atomic E-state index is 10.3. The molecule has 48 valence electrons. The van der Waals surface area contributed by atoms with Crippen LogP contribution in [0, 0.1) is 0 Å². The fraction of sp³-hybridized carbons (Fsp3) is 0.800. The third kappa shape index (κ3) is 4.09. The van der Waals surface area contributed by atoms with E-state index in [2.05, 4.69) is 0 Å². The lowest BCUT2D eigenvalue weighted by Crippen LogP contribution is -2.02. The smallest absolute Gasteiger partial charge is 0.158 e. The van der Waals surface area contributed by atoms with Crippen molar-refractivity contribution in [1.29, 1.82) is 0 Å². The molecule has 0 heterocycles. The predicted molar refractivity (Wildman–Crippen MR) is 32.0 cm³/mol. The molecule has 0 aliphatic rings. The minimum Gasteiger partial charge on any atom is -0.389 e. The summed E-state index contributed by atoms with van der Waals surface area (Å²) in [6.07, 6.45) is 1.07. The van der Waals surface area contributed by atoms with Crippen molar-refractivity contribution in [3.63, 3.8) is 0 Å².